The van der Waals surface area contributed by atoms with E-state index in [-0.39, 0.29) is 17.8 Å². The van der Waals surface area contributed by atoms with Crippen LogP contribution in [0.2, 0.25) is 0 Å². The third-order valence-corrected chi connectivity index (χ3v) is 4.45. The van der Waals surface area contributed by atoms with Crippen molar-refractivity contribution in [3.63, 3.8) is 0 Å². The van der Waals surface area contributed by atoms with Gasteiger partial charge in [0.1, 0.15) is 0 Å². The van der Waals surface area contributed by atoms with Crippen LogP contribution in [0.15, 0.2) is 21.9 Å². The molecule has 2 aromatic rings. The summed E-state index contributed by atoms with van der Waals surface area (Å²) in [7, 11) is 0. The summed E-state index contributed by atoms with van der Waals surface area (Å²) in [6, 6.07) is 4.23. The molecule has 0 saturated heterocycles. The van der Waals surface area contributed by atoms with Gasteiger partial charge in [0, 0.05) is 10.8 Å². The first-order valence-electron chi connectivity index (χ1n) is 6.97. The number of carbonyl (C=O) groups is 1. The largest absolute Gasteiger partial charge is 0.407 e. The van der Waals surface area contributed by atoms with Gasteiger partial charge in [-0.15, -0.1) is 16.4 Å². The molecule has 1 aliphatic rings. The van der Waals surface area contributed by atoms with Crippen LogP contribution in [0.4, 0.5) is 6.01 Å². The molecule has 1 N–H and O–H groups in total. The quantitative estimate of drug-likeness (QED) is 0.939. The highest BCUT2D eigenvalue weighted by atomic mass is 32.1. The summed E-state index contributed by atoms with van der Waals surface area (Å²) in [6.07, 6.45) is 6.03. The van der Waals surface area contributed by atoms with E-state index >= 15 is 0 Å². The van der Waals surface area contributed by atoms with Gasteiger partial charge in [-0.05, 0) is 24.3 Å². The van der Waals surface area contributed by atoms with Crippen molar-refractivity contribution in [3.05, 3.63) is 28.3 Å². The van der Waals surface area contributed by atoms with Gasteiger partial charge in [0.15, 0.2) is 0 Å². The zero-order valence-electron chi connectivity index (χ0n) is 11.2. The highest BCUT2D eigenvalue weighted by Gasteiger charge is 2.22. The van der Waals surface area contributed by atoms with Crippen LogP contribution in [0.1, 0.15) is 42.9 Å². The monoisotopic (exact) mass is 291 g/mol. The van der Waals surface area contributed by atoms with Crippen molar-refractivity contribution in [1.82, 2.24) is 10.2 Å². The van der Waals surface area contributed by atoms with Gasteiger partial charge < -0.3 is 4.42 Å². The van der Waals surface area contributed by atoms with E-state index in [0.29, 0.717) is 12.3 Å². The number of anilines is 1. The molecule has 1 fully saturated rings. The molecule has 0 unspecified atom stereocenters. The lowest BCUT2D eigenvalue weighted by molar-refractivity contribution is -0.120. The Balaban J connectivity index is 1.57. The molecule has 1 aliphatic carbocycles. The topological polar surface area (TPSA) is 68.0 Å². The Labute approximate surface area is 121 Å². The Bertz CT molecular complexity index is 559. The van der Waals surface area contributed by atoms with Crippen molar-refractivity contribution < 1.29 is 9.21 Å². The highest BCUT2D eigenvalue weighted by molar-refractivity contribution is 7.09. The lowest BCUT2D eigenvalue weighted by atomic mass is 9.89. The Morgan fingerprint density at radius 1 is 1.35 bits per heavy atom. The molecule has 2 aromatic heterocycles. The van der Waals surface area contributed by atoms with E-state index < -0.39 is 0 Å². The summed E-state index contributed by atoms with van der Waals surface area (Å²) in [4.78, 5) is 13.2. The van der Waals surface area contributed by atoms with Crippen LogP contribution < -0.4 is 5.32 Å². The van der Waals surface area contributed by atoms with E-state index in [9.17, 15) is 4.79 Å². The Morgan fingerprint density at radius 2 is 2.20 bits per heavy atom. The zero-order valence-corrected chi connectivity index (χ0v) is 12.0. The maximum Gasteiger partial charge on any atom is 0.322 e. The summed E-state index contributed by atoms with van der Waals surface area (Å²) >= 11 is 1.65. The van der Waals surface area contributed by atoms with E-state index in [1.165, 1.54) is 11.3 Å². The fourth-order valence-electron chi connectivity index (χ4n) is 2.51. The average molecular weight is 291 g/mol. The first kappa shape index (κ1) is 13.3. The van der Waals surface area contributed by atoms with Crippen LogP contribution >= 0.6 is 11.3 Å². The second-order valence-electron chi connectivity index (χ2n) is 5.08. The first-order valence-corrected chi connectivity index (χ1v) is 7.85. The number of hydrogen-bond acceptors (Lipinski definition) is 5. The molecule has 0 radical (unpaired) electrons. The third-order valence-electron chi connectivity index (χ3n) is 3.58. The predicted molar refractivity (Wildman–Crippen MR) is 76.6 cm³/mol. The number of aromatic nitrogens is 2. The molecule has 0 atom stereocenters. The SMILES string of the molecule is O=C(Nc1nnc(Cc2cccs2)o1)C1CCCCC1. The summed E-state index contributed by atoms with van der Waals surface area (Å²) in [5, 5.41) is 12.6. The summed E-state index contributed by atoms with van der Waals surface area (Å²) < 4.78 is 5.47. The number of amides is 1. The molecule has 0 aliphatic heterocycles. The fraction of sp³-hybridized carbons (Fsp3) is 0.500. The van der Waals surface area contributed by atoms with E-state index in [1.54, 1.807) is 11.3 Å². The van der Waals surface area contributed by atoms with Gasteiger partial charge in [-0.2, -0.15) is 0 Å². The zero-order chi connectivity index (χ0) is 13.8. The van der Waals surface area contributed by atoms with Gasteiger partial charge in [-0.1, -0.05) is 30.4 Å². The maximum absolute atomic E-state index is 12.1. The summed E-state index contributed by atoms with van der Waals surface area (Å²) in [5.41, 5.74) is 0. The number of nitrogens with one attached hydrogen (secondary N) is 1. The fourth-order valence-corrected chi connectivity index (χ4v) is 3.21. The smallest absolute Gasteiger partial charge is 0.322 e. The molecule has 6 heteroatoms. The normalized spacial score (nSPS) is 16.2. The van der Waals surface area contributed by atoms with Gasteiger partial charge in [-0.3, -0.25) is 10.1 Å². The molecule has 5 nitrogen and oxygen atoms in total. The number of nitrogens with zero attached hydrogens (tertiary/aromatic N) is 2. The molecule has 1 amide bonds. The molecular weight excluding hydrogens is 274 g/mol. The second kappa shape index (κ2) is 6.17. The molecule has 0 bridgehead atoms. The van der Waals surface area contributed by atoms with Gasteiger partial charge >= 0.3 is 6.01 Å². The Hall–Kier alpha value is -1.69. The van der Waals surface area contributed by atoms with Gasteiger partial charge in [0.2, 0.25) is 11.8 Å². The molecule has 3 rings (SSSR count). The van der Waals surface area contributed by atoms with Crippen molar-refractivity contribution in [2.75, 3.05) is 5.32 Å². The lowest BCUT2D eigenvalue weighted by Gasteiger charge is -2.19. The van der Waals surface area contributed by atoms with E-state index in [1.807, 2.05) is 17.5 Å². The number of hydrogen-bond donors (Lipinski definition) is 1. The molecule has 1 saturated carbocycles. The Kier molecular flexibility index (Phi) is 4.11. The van der Waals surface area contributed by atoms with Crippen LogP contribution in [0.3, 0.4) is 0 Å². The van der Waals surface area contributed by atoms with Gasteiger partial charge in [0.05, 0.1) is 6.42 Å². The number of thiophene rings is 1. The molecule has 2 heterocycles. The molecule has 106 valence electrons. The maximum atomic E-state index is 12.1. The van der Waals surface area contributed by atoms with Crippen molar-refractivity contribution in [1.29, 1.82) is 0 Å². The van der Waals surface area contributed by atoms with Crippen molar-refractivity contribution in [2.45, 2.75) is 38.5 Å². The van der Waals surface area contributed by atoms with Gasteiger partial charge in [-0.25, -0.2) is 0 Å². The summed E-state index contributed by atoms with van der Waals surface area (Å²) in [5.74, 6) is 0.638. The minimum Gasteiger partial charge on any atom is -0.407 e. The highest BCUT2D eigenvalue weighted by Crippen LogP contribution is 2.25. The van der Waals surface area contributed by atoms with Crippen molar-refractivity contribution in [2.24, 2.45) is 5.92 Å². The average Bonchev–Trinajstić information content (AvgIpc) is 3.12. The number of carbonyl (C=O) groups excluding carboxylic acids is 1. The van der Waals surface area contributed by atoms with Crippen LogP contribution in [-0.4, -0.2) is 16.1 Å². The minimum absolute atomic E-state index is 0.0102. The third kappa shape index (κ3) is 3.25. The van der Waals surface area contributed by atoms with Crippen molar-refractivity contribution in [3.8, 4) is 0 Å². The minimum atomic E-state index is 0.0102. The van der Waals surface area contributed by atoms with Crippen LogP contribution in [0, 0.1) is 5.92 Å². The molecule has 20 heavy (non-hydrogen) atoms. The van der Waals surface area contributed by atoms with Gasteiger partial charge in [0.25, 0.3) is 0 Å². The van der Waals surface area contributed by atoms with E-state index in [0.717, 1.165) is 25.7 Å². The molecule has 0 spiro atoms. The summed E-state index contributed by atoms with van der Waals surface area (Å²) in [6.45, 7) is 0. The van der Waals surface area contributed by atoms with Crippen LogP contribution in [-0.2, 0) is 11.2 Å². The van der Waals surface area contributed by atoms with E-state index in [2.05, 4.69) is 15.5 Å². The lowest BCUT2D eigenvalue weighted by Crippen LogP contribution is -2.24. The first-order chi connectivity index (χ1) is 9.81. The van der Waals surface area contributed by atoms with Crippen molar-refractivity contribution >= 4 is 23.3 Å². The predicted octanol–water partition coefficient (Wildman–Crippen LogP) is 3.24. The van der Waals surface area contributed by atoms with Crippen LogP contribution in [0.25, 0.3) is 0 Å². The standard InChI is InChI=1S/C14H17N3O2S/c18-13(10-5-2-1-3-6-10)15-14-17-16-12(19-14)9-11-7-4-8-20-11/h4,7-8,10H,1-3,5-6,9H2,(H,15,17,18). The second-order valence-corrected chi connectivity index (χ2v) is 6.11. The number of rotatable bonds is 4. The van der Waals surface area contributed by atoms with Crippen LogP contribution in [0.5, 0.6) is 0 Å². The van der Waals surface area contributed by atoms with E-state index in [4.69, 9.17) is 4.42 Å². The Morgan fingerprint density at radius 3 is 2.95 bits per heavy atom. The molecule has 0 aromatic carbocycles. The molecular formula is C14H17N3O2S.